The van der Waals surface area contributed by atoms with Gasteiger partial charge in [-0.05, 0) is 36.8 Å². The fraction of sp³-hybridized carbons (Fsp3) is 0.231. The lowest BCUT2D eigenvalue weighted by molar-refractivity contribution is 0.317. The zero-order valence-corrected chi connectivity index (χ0v) is 12.6. The zero-order valence-electron chi connectivity index (χ0n) is 11.0. The highest BCUT2D eigenvalue weighted by Gasteiger charge is 2.16. The average Bonchev–Trinajstić information content (AvgIpc) is 2.85. The van der Waals surface area contributed by atoms with E-state index in [1.807, 2.05) is 6.92 Å². The lowest BCUT2D eigenvalue weighted by Gasteiger charge is -2.08. The molecule has 0 atom stereocenters. The van der Waals surface area contributed by atoms with E-state index in [0.29, 0.717) is 18.0 Å². The number of rotatable bonds is 6. The molecule has 0 saturated heterocycles. The number of thiophene rings is 1. The molecule has 1 heterocycles. The molecule has 20 heavy (non-hydrogen) atoms. The number of benzene rings is 1. The molecule has 0 aliphatic heterocycles. The summed E-state index contributed by atoms with van der Waals surface area (Å²) in [5.74, 6) is 0.718. The van der Waals surface area contributed by atoms with E-state index in [4.69, 9.17) is 10.5 Å². The van der Waals surface area contributed by atoms with Crippen molar-refractivity contribution in [2.45, 2.75) is 17.6 Å². The third kappa shape index (κ3) is 3.64. The number of hydrogen-bond acceptors (Lipinski definition) is 5. The van der Waals surface area contributed by atoms with Crippen LogP contribution >= 0.6 is 11.3 Å². The Bertz CT molecular complexity index is 663. The molecular formula is C13H16N2O3S2. The molecule has 2 aromatic rings. The number of nitrogen functional groups attached to an aromatic ring is 1. The molecule has 0 saturated carbocycles. The number of nitrogens with two attached hydrogens (primary N) is 1. The van der Waals surface area contributed by atoms with Gasteiger partial charge >= 0.3 is 0 Å². The average molecular weight is 312 g/mol. The third-order valence-corrected chi connectivity index (χ3v) is 5.28. The lowest BCUT2D eigenvalue weighted by Crippen LogP contribution is -2.11. The second-order valence-corrected chi connectivity index (χ2v) is 7.00. The number of hydrogen-bond donors (Lipinski definition) is 2. The molecular weight excluding hydrogens is 296 g/mol. The van der Waals surface area contributed by atoms with Crippen LogP contribution in [0, 0.1) is 0 Å². The van der Waals surface area contributed by atoms with Gasteiger partial charge in [0.2, 0.25) is 0 Å². The molecule has 7 heteroatoms. The van der Waals surface area contributed by atoms with Crippen LogP contribution in [0.2, 0.25) is 0 Å². The second-order valence-electron chi connectivity index (χ2n) is 4.18. The highest BCUT2D eigenvalue weighted by atomic mass is 32.2. The molecule has 0 amide bonds. The van der Waals surface area contributed by atoms with Crippen molar-refractivity contribution in [2.75, 3.05) is 17.1 Å². The molecule has 1 aromatic heterocycles. The van der Waals surface area contributed by atoms with Gasteiger partial charge in [-0.15, -0.1) is 11.3 Å². The molecule has 0 unspecified atom stereocenters. The lowest BCUT2D eigenvalue weighted by atomic mass is 10.3. The van der Waals surface area contributed by atoms with Crippen LogP contribution in [0.25, 0.3) is 0 Å². The molecule has 3 N–H and O–H groups in total. The maximum atomic E-state index is 12.1. The zero-order chi connectivity index (χ0) is 14.6. The van der Waals surface area contributed by atoms with Gasteiger partial charge < -0.3 is 10.5 Å². The summed E-state index contributed by atoms with van der Waals surface area (Å²) in [7, 11) is -3.57. The van der Waals surface area contributed by atoms with E-state index >= 15 is 0 Å². The van der Waals surface area contributed by atoms with E-state index in [-0.39, 0.29) is 4.21 Å². The van der Waals surface area contributed by atoms with Crippen LogP contribution in [-0.4, -0.2) is 15.0 Å². The summed E-state index contributed by atoms with van der Waals surface area (Å²) >= 11 is 1.09. The monoisotopic (exact) mass is 312 g/mol. The smallest absolute Gasteiger partial charge is 0.271 e. The highest BCUT2D eigenvalue weighted by Crippen LogP contribution is 2.25. The van der Waals surface area contributed by atoms with Gasteiger partial charge in [0.05, 0.1) is 6.61 Å². The van der Waals surface area contributed by atoms with E-state index in [2.05, 4.69) is 4.72 Å². The Morgan fingerprint density at radius 3 is 2.55 bits per heavy atom. The predicted molar refractivity (Wildman–Crippen MR) is 81.8 cm³/mol. The molecule has 0 bridgehead atoms. The third-order valence-electron chi connectivity index (χ3n) is 2.44. The quantitative estimate of drug-likeness (QED) is 0.859. The maximum absolute atomic E-state index is 12.1. The Hall–Kier alpha value is -1.73. The van der Waals surface area contributed by atoms with Crippen LogP contribution in [0.5, 0.6) is 5.75 Å². The molecule has 0 aliphatic rings. The summed E-state index contributed by atoms with van der Waals surface area (Å²) in [6.45, 7) is 2.66. The predicted octanol–water partition coefficient (Wildman–Crippen LogP) is 2.92. The number of anilines is 2. The molecule has 0 radical (unpaired) electrons. The van der Waals surface area contributed by atoms with Crippen LogP contribution in [0.15, 0.2) is 39.9 Å². The molecule has 1 aromatic carbocycles. The second kappa shape index (κ2) is 6.15. The van der Waals surface area contributed by atoms with Crippen molar-refractivity contribution < 1.29 is 13.2 Å². The van der Waals surface area contributed by atoms with Crippen molar-refractivity contribution in [1.82, 2.24) is 0 Å². The first kappa shape index (κ1) is 14.7. The van der Waals surface area contributed by atoms with E-state index in [0.717, 1.165) is 23.5 Å². The fourth-order valence-electron chi connectivity index (χ4n) is 1.52. The van der Waals surface area contributed by atoms with Crippen molar-refractivity contribution in [3.8, 4) is 5.75 Å². The van der Waals surface area contributed by atoms with Crippen molar-refractivity contribution in [1.29, 1.82) is 0 Å². The number of ether oxygens (including phenoxy) is 1. The Morgan fingerprint density at radius 1 is 1.30 bits per heavy atom. The first-order valence-electron chi connectivity index (χ1n) is 6.11. The van der Waals surface area contributed by atoms with Crippen LogP contribution in [-0.2, 0) is 10.0 Å². The van der Waals surface area contributed by atoms with Crippen LogP contribution < -0.4 is 15.2 Å². The SMILES string of the molecule is CCCOc1ccc(NS(=O)(=O)c2cc(N)cs2)cc1. The van der Waals surface area contributed by atoms with Crippen LogP contribution in [0.1, 0.15) is 13.3 Å². The summed E-state index contributed by atoms with van der Waals surface area (Å²) in [5.41, 5.74) is 6.47. The minimum Gasteiger partial charge on any atom is -0.494 e. The molecule has 0 spiro atoms. The summed E-state index contributed by atoms with van der Waals surface area (Å²) in [6, 6.07) is 8.23. The summed E-state index contributed by atoms with van der Waals surface area (Å²) in [6.07, 6.45) is 0.925. The Labute approximate surface area is 122 Å². The van der Waals surface area contributed by atoms with Crippen molar-refractivity contribution >= 4 is 32.7 Å². The van der Waals surface area contributed by atoms with Gasteiger partial charge in [-0.2, -0.15) is 0 Å². The molecule has 0 aliphatic carbocycles. The topological polar surface area (TPSA) is 81.4 Å². The van der Waals surface area contributed by atoms with Gasteiger partial charge in [0, 0.05) is 16.8 Å². The number of sulfonamides is 1. The van der Waals surface area contributed by atoms with E-state index in [1.54, 1.807) is 29.6 Å². The standard InChI is InChI=1S/C13H16N2O3S2/c1-2-7-18-12-5-3-11(4-6-12)15-20(16,17)13-8-10(14)9-19-13/h3-6,8-9,15H,2,7,14H2,1H3. The highest BCUT2D eigenvalue weighted by molar-refractivity contribution is 7.94. The molecule has 0 fully saturated rings. The molecule has 5 nitrogen and oxygen atoms in total. The van der Waals surface area contributed by atoms with E-state index in [9.17, 15) is 8.42 Å². The van der Waals surface area contributed by atoms with Crippen molar-refractivity contribution in [2.24, 2.45) is 0 Å². The van der Waals surface area contributed by atoms with Crippen LogP contribution in [0.4, 0.5) is 11.4 Å². The van der Waals surface area contributed by atoms with Gasteiger partial charge in [-0.1, -0.05) is 6.92 Å². The van der Waals surface area contributed by atoms with E-state index in [1.165, 1.54) is 6.07 Å². The van der Waals surface area contributed by atoms with Gasteiger partial charge in [-0.3, -0.25) is 4.72 Å². The normalized spacial score (nSPS) is 11.2. The van der Waals surface area contributed by atoms with Gasteiger partial charge in [0.25, 0.3) is 10.0 Å². The molecule has 2 rings (SSSR count). The maximum Gasteiger partial charge on any atom is 0.271 e. The summed E-state index contributed by atoms with van der Waals surface area (Å²) < 4.78 is 32.3. The largest absolute Gasteiger partial charge is 0.494 e. The fourth-order valence-corrected chi connectivity index (χ4v) is 3.65. The van der Waals surface area contributed by atoms with Crippen molar-refractivity contribution in [3.05, 3.63) is 35.7 Å². The Kier molecular flexibility index (Phi) is 4.51. The molecule has 108 valence electrons. The Morgan fingerprint density at radius 2 is 2.00 bits per heavy atom. The summed E-state index contributed by atoms with van der Waals surface area (Å²) in [4.78, 5) is 0. The van der Waals surface area contributed by atoms with Gasteiger partial charge in [-0.25, -0.2) is 8.42 Å². The summed E-state index contributed by atoms with van der Waals surface area (Å²) in [5, 5.41) is 1.59. The minimum absolute atomic E-state index is 0.196. The first-order valence-corrected chi connectivity index (χ1v) is 8.47. The van der Waals surface area contributed by atoms with Gasteiger partial charge in [0.15, 0.2) is 0 Å². The van der Waals surface area contributed by atoms with Crippen LogP contribution in [0.3, 0.4) is 0 Å². The van der Waals surface area contributed by atoms with Gasteiger partial charge in [0.1, 0.15) is 9.96 Å². The Balaban J connectivity index is 2.09. The first-order chi connectivity index (χ1) is 9.51. The van der Waals surface area contributed by atoms with E-state index < -0.39 is 10.0 Å². The number of nitrogens with one attached hydrogen (secondary N) is 1. The minimum atomic E-state index is -3.57. The van der Waals surface area contributed by atoms with Crippen molar-refractivity contribution in [3.63, 3.8) is 0 Å².